The number of likely N-dealkylation sites (N-methyl/N-ethyl adjacent to an activating group) is 1. The van der Waals surface area contributed by atoms with E-state index in [1.54, 1.807) is 20.2 Å². The Kier molecular flexibility index (Phi) is 7.39. The minimum atomic E-state index is -0.172. The van der Waals surface area contributed by atoms with Gasteiger partial charge in [0, 0.05) is 37.3 Å². The van der Waals surface area contributed by atoms with Gasteiger partial charge in [-0.15, -0.1) is 0 Å². The molecule has 0 radical (unpaired) electrons. The van der Waals surface area contributed by atoms with Crippen molar-refractivity contribution in [3.63, 3.8) is 0 Å². The number of nitrogens with one attached hydrogen (secondary N) is 1. The van der Waals surface area contributed by atoms with E-state index in [1.807, 2.05) is 19.1 Å². The Hall–Kier alpha value is -1.40. The van der Waals surface area contributed by atoms with Crippen LogP contribution in [-0.2, 0) is 9.53 Å². The molecule has 0 bridgehead atoms. The molecule has 1 N–H and O–H groups in total. The molecule has 1 aromatic carbocycles. The van der Waals surface area contributed by atoms with Crippen LogP contribution in [0, 0.1) is 6.92 Å². The first kappa shape index (κ1) is 17.7. The molecule has 0 saturated heterocycles. The second kappa shape index (κ2) is 8.79. The largest absolute Gasteiger partial charge is 0.385 e. The van der Waals surface area contributed by atoms with Crippen LogP contribution in [0.4, 0.5) is 0 Å². The summed E-state index contributed by atoms with van der Waals surface area (Å²) in [5, 5.41) is 2.76. The summed E-state index contributed by atoms with van der Waals surface area (Å²) in [6.45, 7) is 3.06. The van der Waals surface area contributed by atoms with Crippen LogP contribution >= 0.6 is 15.9 Å². The Balaban J connectivity index is 2.55. The maximum atomic E-state index is 12.3. The quantitative estimate of drug-likeness (QED) is 0.760. The highest BCUT2D eigenvalue weighted by atomic mass is 79.9. The molecule has 0 heterocycles. The first-order chi connectivity index (χ1) is 9.97. The van der Waals surface area contributed by atoms with Crippen molar-refractivity contribution < 1.29 is 14.3 Å². The van der Waals surface area contributed by atoms with Crippen LogP contribution in [0.25, 0.3) is 0 Å². The molecule has 0 atom stereocenters. The van der Waals surface area contributed by atoms with Crippen molar-refractivity contribution in [3.8, 4) is 0 Å². The fraction of sp³-hybridized carbons (Fsp3) is 0.467. The Morgan fingerprint density at radius 2 is 2.10 bits per heavy atom. The molecular weight excluding hydrogens is 336 g/mol. The molecule has 116 valence electrons. The van der Waals surface area contributed by atoms with E-state index in [9.17, 15) is 9.59 Å². The van der Waals surface area contributed by atoms with E-state index in [2.05, 4.69) is 21.2 Å². The average Bonchev–Trinajstić information content (AvgIpc) is 2.45. The molecule has 0 spiro atoms. The summed E-state index contributed by atoms with van der Waals surface area (Å²) in [5.74, 6) is -0.338. The smallest absolute Gasteiger partial charge is 0.254 e. The summed E-state index contributed by atoms with van der Waals surface area (Å²) in [5.41, 5.74) is 1.47. The van der Waals surface area contributed by atoms with Gasteiger partial charge in [0.1, 0.15) is 0 Å². The normalized spacial score (nSPS) is 10.3. The average molecular weight is 357 g/mol. The third-order valence-electron chi connectivity index (χ3n) is 3.07. The van der Waals surface area contributed by atoms with Crippen molar-refractivity contribution >= 4 is 27.7 Å². The summed E-state index contributed by atoms with van der Waals surface area (Å²) in [4.78, 5) is 25.5. The molecular formula is C15H21BrN2O3. The van der Waals surface area contributed by atoms with Gasteiger partial charge in [-0.2, -0.15) is 0 Å². The molecule has 0 aliphatic rings. The van der Waals surface area contributed by atoms with Gasteiger partial charge < -0.3 is 15.0 Å². The summed E-state index contributed by atoms with van der Waals surface area (Å²) < 4.78 is 5.79. The predicted molar refractivity (Wildman–Crippen MR) is 85.3 cm³/mol. The predicted octanol–water partition coefficient (Wildman–Crippen LogP) is 1.98. The van der Waals surface area contributed by atoms with Crippen LogP contribution in [0.5, 0.6) is 0 Å². The van der Waals surface area contributed by atoms with Gasteiger partial charge in [0.2, 0.25) is 5.91 Å². The van der Waals surface area contributed by atoms with Gasteiger partial charge >= 0.3 is 0 Å². The van der Waals surface area contributed by atoms with Crippen molar-refractivity contribution in [1.82, 2.24) is 10.2 Å². The molecule has 0 fully saturated rings. The van der Waals surface area contributed by atoms with Crippen LogP contribution in [0.15, 0.2) is 22.7 Å². The summed E-state index contributed by atoms with van der Waals surface area (Å²) in [7, 11) is 3.24. The third-order valence-corrected chi connectivity index (χ3v) is 3.93. The number of amides is 2. The Morgan fingerprint density at radius 1 is 1.38 bits per heavy atom. The molecule has 5 nitrogen and oxygen atoms in total. The topological polar surface area (TPSA) is 58.6 Å². The Bertz CT molecular complexity index is 506. The lowest BCUT2D eigenvalue weighted by Gasteiger charge is -2.18. The molecule has 2 amide bonds. The van der Waals surface area contributed by atoms with Gasteiger partial charge in [-0.25, -0.2) is 0 Å². The van der Waals surface area contributed by atoms with Crippen molar-refractivity contribution in [2.45, 2.75) is 13.3 Å². The molecule has 1 rings (SSSR count). The molecule has 6 heteroatoms. The maximum absolute atomic E-state index is 12.3. The van der Waals surface area contributed by atoms with Crippen LogP contribution in [0.2, 0.25) is 0 Å². The lowest BCUT2D eigenvalue weighted by molar-refractivity contribution is -0.121. The van der Waals surface area contributed by atoms with Crippen molar-refractivity contribution in [1.29, 1.82) is 0 Å². The van der Waals surface area contributed by atoms with Crippen LogP contribution < -0.4 is 5.32 Å². The zero-order valence-electron chi connectivity index (χ0n) is 12.6. The van der Waals surface area contributed by atoms with Crippen LogP contribution in [0.1, 0.15) is 22.3 Å². The lowest BCUT2D eigenvalue weighted by atomic mass is 10.1. The highest BCUT2D eigenvalue weighted by molar-refractivity contribution is 9.10. The molecule has 0 aliphatic heterocycles. The second-order valence-electron chi connectivity index (χ2n) is 4.77. The molecule has 1 aromatic rings. The summed E-state index contributed by atoms with van der Waals surface area (Å²) in [6.07, 6.45) is 0.755. The number of halogens is 1. The molecule has 0 aliphatic carbocycles. The minimum absolute atomic E-state index is 0.0395. The van der Waals surface area contributed by atoms with Gasteiger partial charge in [0.25, 0.3) is 5.91 Å². The van der Waals surface area contributed by atoms with E-state index in [-0.39, 0.29) is 18.4 Å². The SMILES string of the molecule is COCCCNC(=O)CN(C)C(=O)c1cccc(Br)c1C. The zero-order valence-corrected chi connectivity index (χ0v) is 14.2. The van der Waals surface area contributed by atoms with Crippen LogP contribution in [0.3, 0.4) is 0 Å². The number of benzene rings is 1. The first-order valence-electron chi connectivity index (χ1n) is 6.73. The van der Waals surface area contributed by atoms with Crippen molar-refractivity contribution in [3.05, 3.63) is 33.8 Å². The van der Waals surface area contributed by atoms with Gasteiger partial charge in [-0.1, -0.05) is 22.0 Å². The van der Waals surface area contributed by atoms with E-state index >= 15 is 0 Å². The fourth-order valence-corrected chi connectivity index (χ4v) is 2.20. The molecule has 0 aromatic heterocycles. The number of hydrogen-bond donors (Lipinski definition) is 1. The number of hydrogen-bond acceptors (Lipinski definition) is 3. The standard InChI is InChI=1S/C15H21BrN2O3/c1-11-12(6-4-7-13(11)16)15(20)18(2)10-14(19)17-8-5-9-21-3/h4,6-7H,5,8-10H2,1-3H3,(H,17,19). The zero-order chi connectivity index (χ0) is 15.8. The Labute approximate surface area is 133 Å². The van der Waals surface area contributed by atoms with E-state index in [4.69, 9.17) is 4.74 Å². The summed E-state index contributed by atoms with van der Waals surface area (Å²) in [6, 6.07) is 5.45. The molecule has 21 heavy (non-hydrogen) atoms. The highest BCUT2D eigenvalue weighted by Crippen LogP contribution is 2.20. The van der Waals surface area contributed by atoms with E-state index in [1.165, 1.54) is 4.90 Å². The summed E-state index contributed by atoms with van der Waals surface area (Å²) >= 11 is 3.40. The number of rotatable bonds is 7. The monoisotopic (exact) mass is 356 g/mol. The number of nitrogens with zero attached hydrogens (tertiary/aromatic N) is 1. The second-order valence-corrected chi connectivity index (χ2v) is 5.62. The fourth-order valence-electron chi connectivity index (χ4n) is 1.83. The maximum Gasteiger partial charge on any atom is 0.254 e. The minimum Gasteiger partial charge on any atom is -0.385 e. The van der Waals surface area contributed by atoms with Gasteiger partial charge in [0.05, 0.1) is 6.54 Å². The number of carbonyl (C=O) groups excluding carboxylic acids is 2. The highest BCUT2D eigenvalue weighted by Gasteiger charge is 2.17. The lowest BCUT2D eigenvalue weighted by Crippen LogP contribution is -2.39. The first-order valence-corrected chi connectivity index (χ1v) is 7.53. The van der Waals surface area contributed by atoms with E-state index < -0.39 is 0 Å². The number of methoxy groups -OCH3 is 1. The third kappa shape index (κ3) is 5.47. The Morgan fingerprint density at radius 3 is 2.76 bits per heavy atom. The van der Waals surface area contributed by atoms with Crippen molar-refractivity contribution in [2.75, 3.05) is 33.9 Å². The molecule has 0 unspecified atom stereocenters. The van der Waals surface area contributed by atoms with Gasteiger partial charge in [0.15, 0.2) is 0 Å². The van der Waals surface area contributed by atoms with E-state index in [0.717, 1.165) is 16.5 Å². The number of ether oxygens (including phenoxy) is 1. The van der Waals surface area contributed by atoms with Gasteiger partial charge in [-0.05, 0) is 31.0 Å². The van der Waals surface area contributed by atoms with E-state index in [0.29, 0.717) is 18.7 Å². The molecule has 0 saturated carbocycles. The van der Waals surface area contributed by atoms with Gasteiger partial charge in [-0.3, -0.25) is 9.59 Å². The number of carbonyl (C=O) groups is 2. The van der Waals surface area contributed by atoms with Crippen molar-refractivity contribution in [2.24, 2.45) is 0 Å². The van der Waals surface area contributed by atoms with Crippen LogP contribution in [-0.4, -0.2) is 50.6 Å².